The van der Waals surface area contributed by atoms with Crippen LogP contribution in [0.1, 0.15) is 46.5 Å². The standard InChI is InChI=1S/C11H22O2/c1-9(2)7-11(3)6-4-5-10(8-12)13-11/h9-10,12H,4-8H2,1-3H3. The van der Waals surface area contributed by atoms with Crippen LogP contribution >= 0.6 is 0 Å². The zero-order chi connectivity index (χ0) is 9.90. The van der Waals surface area contributed by atoms with Crippen LogP contribution in [0.5, 0.6) is 0 Å². The first-order valence-corrected chi connectivity index (χ1v) is 5.34. The Labute approximate surface area is 81.3 Å². The Balaban J connectivity index is 2.47. The molecular weight excluding hydrogens is 164 g/mol. The average Bonchev–Trinajstić information content (AvgIpc) is 2.02. The normalized spacial score (nSPS) is 35.3. The van der Waals surface area contributed by atoms with Crippen molar-refractivity contribution in [2.45, 2.75) is 58.2 Å². The summed E-state index contributed by atoms with van der Waals surface area (Å²) in [5.74, 6) is 0.669. The molecule has 0 saturated carbocycles. The van der Waals surface area contributed by atoms with E-state index < -0.39 is 0 Å². The molecule has 1 heterocycles. The van der Waals surface area contributed by atoms with Gasteiger partial charge in [-0.15, -0.1) is 0 Å². The molecule has 2 atom stereocenters. The van der Waals surface area contributed by atoms with Gasteiger partial charge in [0.05, 0.1) is 18.3 Å². The average molecular weight is 186 g/mol. The molecule has 78 valence electrons. The molecule has 2 heteroatoms. The summed E-state index contributed by atoms with van der Waals surface area (Å²) in [4.78, 5) is 0. The molecule has 0 bridgehead atoms. The molecule has 0 aromatic rings. The maximum Gasteiger partial charge on any atom is 0.0813 e. The number of ether oxygens (including phenoxy) is 1. The van der Waals surface area contributed by atoms with Crippen molar-refractivity contribution >= 4 is 0 Å². The first-order chi connectivity index (χ1) is 6.06. The number of aliphatic hydroxyl groups is 1. The topological polar surface area (TPSA) is 29.5 Å². The van der Waals surface area contributed by atoms with Crippen LogP contribution in [0.3, 0.4) is 0 Å². The van der Waals surface area contributed by atoms with Crippen molar-refractivity contribution < 1.29 is 9.84 Å². The quantitative estimate of drug-likeness (QED) is 0.733. The van der Waals surface area contributed by atoms with Crippen LogP contribution in [0.15, 0.2) is 0 Å². The molecule has 1 N–H and O–H groups in total. The van der Waals surface area contributed by atoms with E-state index in [1.54, 1.807) is 0 Å². The third-order valence-corrected chi connectivity index (χ3v) is 2.73. The van der Waals surface area contributed by atoms with Crippen LogP contribution in [-0.4, -0.2) is 23.4 Å². The molecule has 13 heavy (non-hydrogen) atoms. The molecule has 2 nitrogen and oxygen atoms in total. The monoisotopic (exact) mass is 186 g/mol. The van der Waals surface area contributed by atoms with E-state index >= 15 is 0 Å². The van der Waals surface area contributed by atoms with Gasteiger partial charge in [0.25, 0.3) is 0 Å². The zero-order valence-corrected chi connectivity index (χ0v) is 9.05. The van der Waals surface area contributed by atoms with Gasteiger partial charge in [-0.05, 0) is 38.5 Å². The van der Waals surface area contributed by atoms with E-state index in [2.05, 4.69) is 20.8 Å². The summed E-state index contributed by atoms with van der Waals surface area (Å²) in [6, 6.07) is 0. The molecule has 1 saturated heterocycles. The molecule has 0 amide bonds. The van der Waals surface area contributed by atoms with Crippen LogP contribution in [0.4, 0.5) is 0 Å². The van der Waals surface area contributed by atoms with Crippen molar-refractivity contribution in [3.8, 4) is 0 Å². The van der Waals surface area contributed by atoms with Crippen LogP contribution in [0, 0.1) is 5.92 Å². The van der Waals surface area contributed by atoms with Gasteiger partial charge in [0, 0.05) is 0 Å². The third kappa shape index (κ3) is 3.28. The fourth-order valence-corrected chi connectivity index (χ4v) is 2.37. The van der Waals surface area contributed by atoms with Crippen LogP contribution < -0.4 is 0 Å². The fraction of sp³-hybridized carbons (Fsp3) is 1.00. The molecular formula is C11H22O2. The van der Waals surface area contributed by atoms with E-state index in [1.165, 1.54) is 6.42 Å². The van der Waals surface area contributed by atoms with Crippen LogP contribution in [0.25, 0.3) is 0 Å². The summed E-state index contributed by atoms with van der Waals surface area (Å²) in [5.41, 5.74) is 0.0137. The van der Waals surface area contributed by atoms with Gasteiger partial charge in [-0.2, -0.15) is 0 Å². The molecule has 1 aliphatic rings. The predicted molar refractivity (Wildman–Crippen MR) is 53.7 cm³/mol. The van der Waals surface area contributed by atoms with Crippen molar-refractivity contribution in [2.24, 2.45) is 5.92 Å². The highest BCUT2D eigenvalue weighted by atomic mass is 16.5. The lowest BCUT2D eigenvalue weighted by molar-refractivity contribution is -0.140. The Kier molecular flexibility index (Phi) is 3.74. The minimum Gasteiger partial charge on any atom is -0.394 e. The summed E-state index contributed by atoms with van der Waals surface area (Å²) in [5, 5.41) is 9.03. The smallest absolute Gasteiger partial charge is 0.0813 e. The van der Waals surface area contributed by atoms with Gasteiger partial charge in [0.15, 0.2) is 0 Å². The van der Waals surface area contributed by atoms with Crippen molar-refractivity contribution in [1.29, 1.82) is 0 Å². The number of hydrogen-bond acceptors (Lipinski definition) is 2. The predicted octanol–water partition coefficient (Wildman–Crippen LogP) is 2.35. The van der Waals surface area contributed by atoms with E-state index in [0.717, 1.165) is 19.3 Å². The van der Waals surface area contributed by atoms with E-state index in [-0.39, 0.29) is 18.3 Å². The lowest BCUT2D eigenvalue weighted by atomic mass is 9.86. The summed E-state index contributed by atoms with van der Waals surface area (Å²) in [7, 11) is 0. The first-order valence-electron chi connectivity index (χ1n) is 5.34. The molecule has 0 aliphatic carbocycles. The SMILES string of the molecule is CC(C)CC1(C)CCCC(CO)O1. The van der Waals surface area contributed by atoms with Gasteiger partial charge in [0.2, 0.25) is 0 Å². The van der Waals surface area contributed by atoms with Crippen molar-refractivity contribution in [2.75, 3.05) is 6.61 Å². The zero-order valence-electron chi connectivity index (χ0n) is 9.05. The highest BCUT2D eigenvalue weighted by Crippen LogP contribution is 2.33. The second-order valence-corrected chi connectivity index (χ2v) is 4.86. The van der Waals surface area contributed by atoms with Gasteiger partial charge < -0.3 is 9.84 Å². The third-order valence-electron chi connectivity index (χ3n) is 2.73. The number of hydrogen-bond donors (Lipinski definition) is 1. The Morgan fingerprint density at radius 3 is 2.77 bits per heavy atom. The van der Waals surface area contributed by atoms with Gasteiger partial charge in [-0.25, -0.2) is 0 Å². The summed E-state index contributed by atoms with van der Waals surface area (Å²) in [6.45, 7) is 6.79. The number of rotatable bonds is 3. The lowest BCUT2D eigenvalue weighted by Crippen LogP contribution is -2.40. The second-order valence-electron chi connectivity index (χ2n) is 4.86. The van der Waals surface area contributed by atoms with Crippen molar-refractivity contribution in [3.05, 3.63) is 0 Å². The van der Waals surface area contributed by atoms with E-state index in [1.807, 2.05) is 0 Å². The Morgan fingerprint density at radius 1 is 1.54 bits per heavy atom. The molecule has 1 fully saturated rings. The molecule has 1 rings (SSSR count). The highest BCUT2D eigenvalue weighted by molar-refractivity contribution is 4.82. The molecule has 2 unspecified atom stereocenters. The summed E-state index contributed by atoms with van der Waals surface area (Å²) in [6.07, 6.45) is 4.53. The Hall–Kier alpha value is -0.0800. The van der Waals surface area contributed by atoms with Crippen molar-refractivity contribution in [1.82, 2.24) is 0 Å². The van der Waals surface area contributed by atoms with Crippen LogP contribution in [-0.2, 0) is 4.74 Å². The highest BCUT2D eigenvalue weighted by Gasteiger charge is 2.32. The van der Waals surface area contributed by atoms with Gasteiger partial charge >= 0.3 is 0 Å². The second kappa shape index (κ2) is 4.43. The largest absolute Gasteiger partial charge is 0.394 e. The molecule has 1 aliphatic heterocycles. The molecule has 0 aromatic carbocycles. The maximum atomic E-state index is 9.03. The van der Waals surface area contributed by atoms with Gasteiger partial charge in [-0.1, -0.05) is 13.8 Å². The molecule has 0 aromatic heterocycles. The fourth-order valence-electron chi connectivity index (χ4n) is 2.37. The Morgan fingerprint density at radius 2 is 2.23 bits per heavy atom. The maximum absolute atomic E-state index is 9.03. The van der Waals surface area contributed by atoms with Gasteiger partial charge in [-0.3, -0.25) is 0 Å². The lowest BCUT2D eigenvalue weighted by Gasteiger charge is -2.39. The summed E-state index contributed by atoms with van der Waals surface area (Å²) < 4.78 is 5.88. The first kappa shape index (κ1) is 11.0. The van der Waals surface area contributed by atoms with E-state index in [4.69, 9.17) is 9.84 Å². The number of aliphatic hydroxyl groups excluding tert-OH is 1. The Bertz CT molecular complexity index is 156. The van der Waals surface area contributed by atoms with E-state index in [9.17, 15) is 0 Å². The summed E-state index contributed by atoms with van der Waals surface area (Å²) >= 11 is 0. The molecule has 0 spiro atoms. The molecule has 0 radical (unpaired) electrons. The minimum atomic E-state index is 0.0137. The van der Waals surface area contributed by atoms with Crippen molar-refractivity contribution in [3.63, 3.8) is 0 Å². The van der Waals surface area contributed by atoms with Crippen LogP contribution in [0.2, 0.25) is 0 Å². The van der Waals surface area contributed by atoms with Gasteiger partial charge in [0.1, 0.15) is 0 Å². The van der Waals surface area contributed by atoms with E-state index in [0.29, 0.717) is 5.92 Å². The minimum absolute atomic E-state index is 0.0137.